The van der Waals surface area contributed by atoms with Crippen molar-refractivity contribution in [3.63, 3.8) is 0 Å². The molecule has 0 aromatic heterocycles. The first-order valence-electron chi connectivity index (χ1n) is 12.7. The Balaban J connectivity index is 1.55. The number of benzene rings is 1. The van der Waals surface area contributed by atoms with E-state index in [1.165, 1.54) is 5.56 Å². The van der Waals surface area contributed by atoms with Gasteiger partial charge in [0, 0.05) is 18.9 Å². The monoisotopic (exact) mass is 456 g/mol. The first kappa shape index (κ1) is 25.7. The number of ether oxygens (including phenoxy) is 2. The fourth-order valence-electron chi connectivity index (χ4n) is 4.83. The van der Waals surface area contributed by atoms with E-state index in [1.807, 2.05) is 6.07 Å². The third-order valence-corrected chi connectivity index (χ3v) is 6.76. The second-order valence-electron chi connectivity index (χ2n) is 9.36. The Labute approximate surface area is 198 Å². The Bertz CT molecular complexity index is 738. The van der Waals surface area contributed by atoms with Crippen LogP contribution in [0.5, 0.6) is 0 Å². The lowest BCUT2D eigenvalue weighted by Gasteiger charge is -2.27. The summed E-state index contributed by atoms with van der Waals surface area (Å²) in [5.41, 5.74) is 1.30. The molecule has 0 spiro atoms. The quantitative estimate of drug-likeness (QED) is 0.295. The van der Waals surface area contributed by atoms with Crippen molar-refractivity contribution in [2.45, 2.75) is 89.1 Å². The first-order valence-corrected chi connectivity index (χ1v) is 12.7. The number of unbranched alkanes of at least 4 members (excludes halogenated alkanes) is 1. The molecule has 2 aliphatic rings. The molecule has 5 atom stereocenters. The molecule has 1 aliphatic carbocycles. The third kappa shape index (κ3) is 9.44. The summed E-state index contributed by atoms with van der Waals surface area (Å²) < 4.78 is 12.2. The maximum Gasteiger partial charge on any atom is 0.303 e. The predicted octanol–water partition coefficient (Wildman–Crippen LogP) is 5.68. The molecule has 5 nitrogen and oxygen atoms in total. The Hall–Kier alpha value is -1.95. The number of aliphatic carboxylic acids is 1. The normalized spacial score (nSPS) is 26.8. The molecule has 1 aliphatic heterocycles. The summed E-state index contributed by atoms with van der Waals surface area (Å²) in [6, 6.07) is 10.5. The van der Waals surface area contributed by atoms with Gasteiger partial charge in [0.25, 0.3) is 0 Å². The van der Waals surface area contributed by atoms with E-state index in [0.717, 1.165) is 64.4 Å². The van der Waals surface area contributed by atoms with E-state index >= 15 is 0 Å². The van der Waals surface area contributed by atoms with Crippen LogP contribution in [0.15, 0.2) is 54.6 Å². The number of carbonyl (C=O) groups is 1. The summed E-state index contributed by atoms with van der Waals surface area (Å²) in [4.78, 5) is 10.6. The van der Waals surface area contributed by atoms with Crippen LogP contribution in [0.25, 0.3) is 0 Å². The molecule has 1 unspecified atom stereocenters. The topological polar surface area (TPSA) is 76.0 Å². The molecule has 2 N–H and O–H groups in total. The number of aryl methyl sites for hydroxylation is 1. The van der Waals surface area contributed by atoms with Crippen molar-refractivity contribution in [3.05, 3.63) is 60.2 Å². The minimum Gasteiger partial charge on any atom is -0.481 e. The van der Waals surface area contributed by atoms with Gasteiger partial charge in [0.2, 0.25) is 0 Å². The molecule has 0 amide bonds. The standard InChI is InChI=1S/C28H40O5/c29-26-20-16-23(12-6-1-2-7-13-27(30)31)25(26)19-18-24(33-28-14-8-9-21-32-28)17-15-22-10-4-3-5-11-22/h1,3-6,10-11,18-19,23-26,28-29H,2,7-9,12-17,20-21H2,(H,30,31)/b6-1-,19-18+/t23-,24-,25+,26+,28?/m0/s1. The van der Waals surface area contributed by atoms with Crippen molar-refractivity contribution in [2.75, 3.05) is 6.61 Å². The summed E-state index contributed by atoms with van der Waals surface area (Å²) in [6.45, 7) is 0.766. The fraction of sp³-hybridized carbons (Fsp3) is 0.607. The number of aliphatic hydroxyl groups excluding tert-OH is 1. The Morgan fingerprint density at radius 1 is 1.15 bits per heavy atom. The molecule has 1 aromatic carbocycles. The molecule has 1 saturated heterocycles. The molecule has 1 saturated carbocycles. The summed E-state index contributed by atoms with van der Waals surface area (Å²) in [6.07, 6.45) is 17.5. The van der Waals surface area contributed by atoms with Crippen LogP contribution in [0.4, 0.5) is 0 Å². The van der Waals surface area contributed by atoms with Crippen LogP contribution in [0.2, 0.25) is 0 Å². The van der Waals surface area contributed by atoms with Gasteiger partial charge in [-0.15, -0.1) is 0 Å². The summed E-state index contributed by atoms with van der Waals surface area (Å²) >= 11 is 0. The lowest BCUT2D eigenvalue weighted by molar-refractivity contribution is -0.179. The first-order chi connectivity index (χ1) is 16.1. The lowest BCUT2D eigenvalue weighted by Crippen LogP contribution is -2.27. The highest BCUT2D eigenvalue weighted by molar-refractivity contribution is 5.66. The zero-order valence-electron chi connectivity index (χ0n) is 19.7. The largest absolute Gasteiger partial charge is 0.481 e. The highest BCUT2D eigenvalue weighted by atomic mass is 16.7. The second kappa shape index (κ2) is 14.3. The van der Waals surface area contributed by atoms with Crippen LogP contribution in [-0.2, 0) is 20.7 Å². The van der Waals surface area contributed by atoms with Gasteiger partial charge in [0.15, 0.2) is 6.29 Å². The summed E-state index contributed by atoms with van der Waals surface area (Å²) in [5, 5.41) is 19.3. The van der Waals surface area contributed by atoms with Gasteiger partial charge in [-0.3, -0.25) is 4.79 Å². The maximum atomic E-state index is 10.6. The molecule has 0 bridgehead atoms. The van der Waals surface area contributed by atoms with E-state index < -0.39 is 5.97 Å². The minimum absolute atomic E-state index is 0.0340. The van der Waals surface area contributed by atoms with Crippen molar-refractivity contribution < 1.29 is 24.5 Å². The number of hydrogen-bond donors (Lipinski definition) is 2. The van der Waals surface area contributed by atoms with Crippen LogP contribution in [0.3, 0.4) is 0 Å². The highest BCUT2D eigenvalue weighted by Gasteiger charge is 2.32. The van der Waals surface area contributed by atoms with E-state index in [-0.39, 0.29) is 30.8 Å². The number of hydrogen-bond acceptors (Lipinski definition) is 4. The highest BCUT2D eigenvalue weighted by Crippen LogP contribution is 2.36. The van der Waals surface area contributed by atoms with Gasteiger partial charge in [0.1, 0.15) is 0 Å². The van der Waals surface area contributed by atoms with Gasteiger partial charge in [-0.2, -0.15) is 0 Å². The smallest absolute Gasteiger partial charge is 0.303 e. The minimum atomic E-state index is -0.741. The number of rotatable bonds is 13. The zero-order chi connectivity index (χ0) is 23.3. The van der Waals surface area contributed by atoms with Gasteiger partial charge in [-0.05, 0) is 75.7 Å². The SMILES string of the molecule is O=C(O)CCC/C=C\C[C@H]1CC[C@@H](O)[C@@H]1/C=C/[C@H](CCc1ccccc1)OC1CCCCO1. The van der Waals surface area contributed by atoms with E-state index in [2.05, 4.69) is 48.6 Å². The van der Waals surface area contributed by atoms with Crippen LogP contribution in [0.1, 0.15) is 69.8 Å². The maximum absolute atomic E-state index is 10.6. The molecule has 0 radical (unpaired) electrons. The van der Waals surface area contributed by atoms with Gasteiger partial charge in [-0.1, -0.05) is 54.6 Å². The number of carboxylic acids is 1. The Morgan fingerprint density at radius 3 is 2.76 bits per heavy atom. The third-order valence-electron chi connectivity index (χ3n) is 6.76. The summed E-state index contributed by atoms with van der Waals surface area (Å²) in [7, 11) is 0. The Morgan fingerprint density at radius 2 is 2.00 bits per heavy atom. The van der Waals surface area contributed by atoms with Crippen molar-refractivity contribution in [1.82, 2.24) is 0 Å². The number of carboxylic acid groups (broad SMARTS) is 1. The van der Waals surface area contributed by atoms with Crippen molar-refractivity contribution in [2.24, 2.45) is 11.8 Å². The predicted molar refractivity (Wildman–Crippen MR) is 130 cm³/mol. The van der Waals surface area contributed by atoms with E-state index in [1.54, 1.807) is 0 Å². The molecule has 2 fully saturated rings. The molecule has 1 aromatic rings. The van der Waals surface area contributed by atoms with E-state index in [9.17, 15) is 9.90 Å². The average Bonchev–Trinajstić information content (AvgIpc) is 3.18. The van der Waals surface area contributed by atoms with Crippen molar-refractivity contribution in [1.29, 1.82) is 0 Å². The molecule has 182 valence electrons. The van der Waals surface area contributed by atoms with Crippen LogP contribution in [-0.4, -0.2) is 41.3 Å². The number of allylic oxidation sites excluding steroid dienone is 2. The molecular formula is C28H40O5. The Kier molecular flexibility index (Phi) is 11.2. The zero-order valence-corrected chi connectivity index (χ0v) is 19.7. The number of aliphatic hydroxyl groups is 1. The van der Waals surface area contributed by atoms with Crippen molar-refractivity contribution in [3.8, 4) is 0 Å². The van der Waals surface area contributed by atoms with E-state index in [4.69, 9.17) is 14.6 Å². The molecule has 1 heterocycles. The van der Waals surface area contributed by atoms with Crippen LogP contribution >= 0.6 is 0 Å². The molecular weight excluding hydrogens is 416 g/mol. The molecule has 5 heteroatoms. The van der Waals surface area contributed by atoms with Gasteiger partial charge >= 0.3 is 5.97 Å². The second-order valence-corrected chi connectivity index (χ2v) is 9.36. The molecule has 3 rings (SSSR count). The lowest BCUT2D eigenvalue weighted by atomic mass is 9.90. The van der Waals surface area contributed by atoms with Gasteiger partial charge in [0.05, 0.1) is 12.2 Å². The summed E-state index contributed by atoms with van der Waals surface area (Å²) in [5.74, 6) is -0.202. The van der Waals surface area contributed by atoms with Crippen LogP contribution in [0, 0.1) is 11.8 Å². The van der Waals surface area contributed by atoms with Crippen molar-refractivity contribution >= 4 is 5.97 Å². The van der Waals surface area contributed by atoms with Crippen LogP contribution < -0.4 is 0 Å². The molecule has 33 heavy (non-hydrogen) atoms. The average molecular weight is 457 g/mol. The van der Waals surface area contributed by atoms with Gasteiger partial charge < -0.3 is 19.7 Å². The van der Waals surface area contributed by atoms with E-state index in [0.29, 0.717) is 12.3 Å². The van der Waals surface area contributed by atoms with Gasteiger partial charge in [-0.25, -0.2) is 0 Å². The fourth-order valence-corrected chi connectivity index (χ4v) is 4.83.